The van der Waals surface area contributed by atoms with E-state index >= 15 is 0 Å². The van der Waals surface area contributed by atoms with Crippen LogP contribution in [0.25, 0.3) is 0 Å². The fraction of sp³-hybridized carbons (Fsp3) is 0.556. The van der Waals surface area contributed by atoms with E-state index in [1.807, 2.05) is 0 Å². The van der Waals surface area contributed by atoms with Gasteiger partial charge in [-0.15, -0.1) is 0 Å². The number of fused-ring (bicyclic) bond motifs is 1. The lowest BCUT2D eigenvalue weighted by atomic mass is 9.87. The van der Waals surface area contributed by atoms with Gasteiger partial charge in [0.25, 0.3) is 0 Å². The molecule has 0 aromatic carbocycles. The van der Waals surface area contributed by atoms with Gasteiger partial charge in [-0.25, -0.2) is 8.78 Å². The van der Waals surface area contributed by atoms with Gasteiger partial charge in [-0.05, 0) is 12.5 Å². The van der Waals surface area contributed by atoms with Crippen LogP contribution >= 0.6 is 0 Å². The Labute approximate surface area is 74.2 Å². The van der Waals surface area contributed by atoms with Crippen molar-refractivity contribution in [3.05, 3.63) is 23.7 Å². The van der Waals surface area contributed by atoms with Gasteiger partial charge < -0.3 is 9.52 Å². The summed E-state index contributed by atoms with van der Waals surface area (Å²) in [4.78, 5) is 0. The third-order valence-corrected chi connectivity index (χ3v) is 2.47. The zero-order valence-electron chi connectivity index (χ0n) is 6.91. The molecule has 1 aliphatic rings. The van der Waals surface area contributed by atoms with Gasteiger partial charge in [-0.2, -0.15) is 0 Å². The Hall–Kier alpha value is -0.900. The predicted octanol–water partition coefficient (Wildman–Crippen LogP) is 2.14. The number of alkyl halides is 2. The molecule has 0 bridgehead atoms. The molecule has 0 radical (unpaired) electrons. The van der Waals surface area contributed by atoms with E-state index in [0.717, 1.165) is 0 Å². The highest BCUT2D eigenvalue weighted by molar-refractivity contribution is 5.23. The minimum atomic E-state index is -2.38. The van der Waals surface area contributed by atoms with Crippen molar-refractivity contribution in [2.75, 3.05) is 0 Å². The van der Waals surface area contributed by atoms with Crippen LogP contribution in [-0.4, -0.2) is 11.5 Å². The molecule has 1 aromatic heterocycles. The van der Waals surface area contributed by atoms with Crippen molar-refractivity contribution in [1.82, 2.24) is 0 Å². The van der Waals surface area contributed by atoms with Gasteiger partial charge in [0.1, 0.15) is 5.76 Å². The summed E-state index contributed by atoms with van der Waals surface area (Å²) in [5.41, 5.74) is 0.664. The van der Waals surface area contributed by atoms with Crippen LogP contribution in [0.3, 0.4) is 0 Å². The summed E-state index contributed by atoms with van der Waals surface area (Å²) < 4.78 is 29.7. The quantitative estimate of drug-likeness (QED) is 0.732. The van der Waals surface area contributed by atoms with E-state index < -0.39 is 18.4 Å². The van der Waals surface area contributed by atoms with Crippen LogP contribution in [0.15, 0.2) is 16.7 Å². The molecule has 0 aliphatic heterocycles. The summed E-state index contributed by atoms with van der Waals surface area (Å²) in [5, 5.41) is 9.48. The van der Waals surface area contributed by atoms with Crippen LogP contribution < -0.4 is 0 Å². The maximum atomic E-state index is 12.3. The van der Waals surface area contributed by atoms with E-state index in [2.05, 4.69) is 0 Å². The van der Waals surface area contributed by atoms with Crippen molar-refractivity contribution in [1.29, 1.82) is 0 Å². The Morgan fingerprint density at radius 1 is 1.54 bits per heavy atom. The van der Waals surface area contributed by atoms with Crippen molar-refractivity contribution in [2.24, 2.45) is 5.92 Å². The number of rotatable bonds is 1. The van der Waals surface area contributed by atoms with Gasteiger partial charge in [0.15, 0.2) is 0 Å². The van der Waals surface area contributed by atoms with E-state index in [-0.39, 0.29) is 12.8 Å². The maximum Gasteiger partial charge on any atom is 0.241 e. The molecule has 13 heavy (non-hydrogen) atoms. The first kappa shape index (κ1) is 8.69. The van der Waals surface area contributed by atoms with Gasteiger partial charge in [-0.1, -0.05) is 0 Å². The van der Waals surface area contributed by atoms with E-state index in [1.165, 1.54) is 6.26 Å². The molecule has 72 valence electrons. The number of aliphatic hydroxyl groups is 1. The second-order valence-corrected chi connectivity index (χ2v) is 3.35. The summed E-state index contributed by atoms with van der Waals surface area (Å²) in [6, 6.07) is 1.64. The fourth-order valence-corrected chi connectivity index (χ4v) is 1.74. The number of halogens is 2. The number of hydrogen-bond acceptors (Lipinski definition) is 2. The van der Waals surface area contributed by atoms with E-state index in [0.29, 0.717) is 11.3 Å². The molecular weight excluding hydrogens is 178 g/mol. The monoisotopic (exact) mass is 188 g/mol. The molecule has 0 fully saturated rings. The summed E-state index contributed by atoms with van der Waals surface area (Å²) in [6.45, 7) is 0. The van der Waals surface area contributed by atoms with Gasteiger partial charge in [0.05, 0.1) is 12.4 Å². The number of furan rings is 1. The molecule has 2 rings (SSSR count). The topological polar surface area (TPSA) is 33.4 Å². The molecule has 1 heterocycles. The molecule has 0 saturated heterocycles. The standard InChI is InChI=1S/C9H10F2O2/c10-9(11)5-3-7(12)6-1-2-13-8(6)4-5/h1-2,5,7,9,12H,3-4H2/t5-,7+/m0/s1. The van der Waals surface area contributed by atoms with Gasteiger partial charge in [-0.3, -0.25) is 0 Å². The van der Waals surface area contributed by atoms with Crippen molar-refractivity contribution in [3.8, 4) is 0 Å². The largest absolute Gasteiger partial charge is 0.469 e. The van der Waals surface area contributed by atoms with E-state index in [4.69, 9.17) is 4.42 Å². The van der Waals surface area contributed by atoms with Crippen molar-refractivity contribution in [3.63, 3.8) is 0 Å². The highest BCUT2D eigenvalue weighted by Crippen LogP contribution is 2.36. The first-order valence-corrected chi connectivity index (χ1v) is 4.21. The summed E-state index contributed by atoms with van der Waals surface area (Å²) in [6.07, 6.45) is -1.38. The first-order chi connectivity index (χ1) is 6.18. The predicted molar refractivity (Wildman–Crippen MR) is 41.5 cm³/mol. The first-order valence-electron chi connectivity index (χ1n) is 4.21. The van der Waals surface area contributed by atoms with Crippen LogP contribution in [-0.2, 0) is 6.42 Å². The summed E-state index contributed by atoms with van der Waals surface area (Å²) >= 11 is 0. The third kappa shape index (κ3) is 1.46. The van der Waals surface area contributed by atoms with Crippen molar-refractivity contribution in [2.45, 2.75) is 25.4 Å². The Kier molecular flexibility index (Phi) is 2.07. The van der Waals surface area contributed by atoms with E-state index in [9.17, 15) is 13.9 Å². The zero-order valence-corrected chi connectivity index (χ0v) is 6.91. The van der Waals surface area contributed by atoms with Crippen LogP contribution in [0, 0.1) is 5.92 Å². The molecule has 2 nitrogen and oxygen atoms in total. The highest BCUT2D eigenvalue weighted by atomic mass is 19.3. The molecule has 1 N–H and O–H groups in total. The second-order valence-electron chi connectivity index (χ2n) is 3.35. The second kappa shape index (κ2) is 3.10. The molecule has 0 saturated carbocycles. The van der Waals surface area contributed by atoms with E-state index in [1.54, 1.807) is 6.07 Å². The SMILES string of the molecule is O[C@@H]1C[C@H](C(F)F)Cc2occc21. The highest BCUT2D eigenvalue weighted by Gasteiger charge is 2.32. The van der Waals surface area contributed by atoms with Crippen LogP contribution in [0.2, 0.25) is 0 Å². The summed E-state index contributed by atoms with van der Waals surface area (Å²) in [7, 11) is 0. The molecule has 0 spiro atoms. The molecule has 0 unspecified atom stereocenters. The van der Waals surface area contributed by atoms with Crippen molar-refractivity contribution >= 4 is 0 Å². The minimum absolute atomic E-state index is 0.129. The van der Waals surface area contributed by atoms with Crippen LogP contribution in [0.1, 0.15) is 23.8 Å². The Balaban J connectivity index is 2.23. The smallest absolute Gasteiger partial charge is 0.241 e. The minimum Gasteiger partial charge on any atom is -0.469 e. The molecule has 1 aliphatic carbocycles. The average Bonchev–Trinajstić information content (AvgIpc) is 2.51. The molecule has 1 aromatic rings. The lowest BCUT2D eigenvalue weighted by Gasteiger charge is -2.24. The molecule has 0 amide bonds. The maximum absolute atomic E-state index is 12.3. The Morgan fingerprint density at radius 3 is 3.00 bits per heavy atom. The fourth-order valence-electron chi connectivity index (χ4n) is 1.74. The van der Waals surface area contributed by atoms with Gasteiger partial charge >= 0.3 is 0 Å². The lowest BCUT2D eigenvalue weighted by Crippen LogP contribution is -2.22. The Bertz CT molecular complexity index is 296. The van der Waals surface area contributed by atoms with Crippen LogP contribution in [0.4, 0.5) is 8.78 Å². The van der Waals surface area contributed by atoms with Crippen LogP contribution in [0.5, 0.6) is 0 Å². The number of aliphatic hydroxyl groups excluding tert-OH is 1. The van der Waals surface area contributed by atoms with Gasteiger partial charge in [0.2, 0.25) is 6.43 Å². The zero-order chi connectivity index (χ0) is 9.42. The average molecular weight is 188 g/mol. The van der Waals surface area contributed by atoms with Gasteiger partial charge in [0, 0.05) is 17.9 Å². The lowest BCUT2D eigenvalue weighted by molar-refractivity contribution is 0.0263. The summed E-state index contributed by atoms with van der Waals surface area (Å²) in [5.74, 6) is -0.266. The Morgan fingerprint density at radius 2 is 2.31 bits per heavy atom. The molecule has 4 heteroatoms. The normalized spacial score (nSPS) is 27.7. The number of hydrogen-bond donors (Lipinski definition) is 1. The van der Waals surface area contributed by atoms with Crippen molar-refractivity contribution < 1.29 is 18.3 Å². The third-order valence-electron chi connectivity index (χ3n) is 2.47. The molecular formula is C9H10F2O2. The molecule has 2 atom stereocenters.